The lowest BCUT2D eigenvalue weighted by Gasteiger charge is -1.98. The second-order valence-electron chi connectivity index (χ2n) is 4.97. The molecular formula is C16H15BrN2. The fourth-order valence-electron chi connectivity index (χ4n) is 2.45. The van der Waals surface area contributed by atoms with Gasteiger partial charge in [0, 0.05) is 10.9 Å². The van der Waals surface area contributed by atoms with Gasteiger partial charge in [-0.25, -0.2) is 4.98 Å². The molecular weight excluding hydrogens is 300 g/mol. The van der Waals surface area contributed by atoms with E-state index in [1.807, 2.05) is 6.07 Å². The highest BCUT2D eigenvalue weighted by Gasteiger charge is 2.07. The van der Waals surface area contributed by atoms with Gasteiger partial charge in [-0.2, -0.15) is 0 Å². The van der Waals surface area contributed by atoms with Crippen LogP contribution in [0.4, 0.5) is 0 Å². The normalized spacial score (nSPS) is 11.1. The van der Waals surface area contributed by atoms with Crippen LogP contribution in [0.5, 0.6) is 0 Å². The zero-order valence-electron chi connectivity index (χ0n) is 11.0. The molecule has 0 unspecified atom stereocenters. The van der Waals surface area contributed by atoms with Gasteiger partial charge in [-0.05, 0) is 48.7 Å². The summed E-state index contributed by atoms with van der Waals surface area (Å²) in [7, 11) is 0. The smallest absolute Gasteiger partial charge is 0.111 e. The maximum atomic E-state index is 4.71. The second kappa shape index (κ2) is 4.82. The Balaban J connectivity index is 2.00. The fourth-order valence-corrected chi connectivity index (χ4v) is 2.89. The Labute approximate surface area is 121 Å². The van der Waals surface area contributed by atoms with Crippen molar-refractivity contribution in [1.82, 2.24) is 9.97 Å². The van der Waals surface area contributed by atoms with E-state index in [1.54, 1.807) is 0 Å². The van der Waals surface area contributed by atoms with Gasteiger partial charge in [0.15, 0.2) is 0 Å². The molecule has 0 saturated carbocycles. The quantitative estimate of drug-likeness (QED) is 0.739. The van der Waals surface area contributed by atoms with E-state index in [0.29, 0.717) is 0 Å². The minimum atomic E-state index is 0.826. The molecule has 2 aromatic carbocycles. The number of rotatable bonds is 2. The molecule has 1 aromatic heterocycles. The van der Waals surface area contributed by atoms with Crippen molar-refractivity contribution in [2.45, 2.75) is 20.3 Å². The van der Waals surface area contributed by atoms with Crippen molar-refractivity contribution in [2.75, 3.05) is 0 Å². The van der Waals surface area contributed by atoms with E-state index < -0.39 is 0 Å². The molecule has 0 atom stereocenters. The Morgan fingerprint density at radius 2 is 2.00 bits per heavy atom. The van der Waals surface area contributed by atoms with Crippen LogP contribution in [0.2, 0.25) is 0 Å². The van der Waals surface area contributed by atoms with E-state index in [4.69, 9.17) is 4.98 Å². The monoisotopic (exact) mass is 314 g/mol. The Hall–Kier alpha value is -1.61. The average molecular weight is 315 g/mol. The maximum absolute atomic E-state index is 4.71. The van der Waals surface area contributed by atoms with Crippen molar-refractivity contribution in [3.8, 4) is 0 Å². The Kier molecular flexibility index (Phi) is 3.15. The van der Waals surface area contributed by atoms with Crippen molar-refractivity contribution in [2.24, 2.45) is 0 Å². The topological polar surface area (TPSA) is 28.7 Å². The lowest BCUT2D eigenvalue weighted by Crippen LogP contribution is -1.90. The number of benzene rings is 2. The van der Waals surface area contributed by atoms with Gasteiger partial charge in [0.05, 0.1) is 11.0 Å². The molecule has 0 aliphatic heterocycles. The lowest BCUT2D eigenvalue weighted by molar-refractivity contribution is 1.04. The van der Waals surface area contributed by atoms with Crippen molar-refractivity contribution in [3.05, 3.63) is 63.4 Å². The predicted octanol–water partition coefficient (Wildman–Crippen LogP) is 4.53. The summed E-state index contributed by atoms with van der Waals surface area (Å²) in [5.74, 6) is 1.02. The van der Waals surface area contributed by atoms with E-state index in [9.17, 15) is 0 Å². The molecule has 3 heteroatoms. The molecule has 96 valence electrons. The maximum Gasteiger partial charge on any atom is 0.111 e. The van der Waals surface area contributed by atoms with E-state index in [-0.39, 0.29) is 0 Å². The predicted molar refractivity (Wildman–Crippen MR) is 82.5 cm³/mol. The number of H-pyrrole nitrogens is 1. The molecule has 0 aliphatic carbocycles. The molecule has 1 heterocycles. The summed E-state index contributed by atoms with van der Waals surface area (Å²) in [5, 5.41) is 0. The number of aromatic amines is 1. The highest BCUT2D eigenvalue weighted by molar-refractivity contribution is 9.10. The van der Waals surface area contributed by atoms with Crippen LogP contribution >= 0.6 is 15.9 Å². The van der Waals surface area contributed by atoms with Gasteiger partial charge in [-0.1, -0.05) is 34.1 Å². The van der Waals surface area contributed by atoms with Crippen molar-refractivity contribution in [1.29, 1.82) is 0 Å². The molecule has 2 nitrogen and oxygen atoms in total. The third kappa shape index (κ3) is 2.56. The molecule has 0 saturated heterocycles. The minimum absolute atomic E-state index is 0.826. The van der Waals surface area contributed by atoms with Gasteiger partial charge in [0.2, 0.25) is 0 Å². The van der Waals surface area contributed by atoms with E-state index >= 15 is 0 Å². The number of nitrogens with one attached hydrogen (secondary N) is 1. The summed E-state index contributed by atoms with van der Waals surface area (Å²) in [4.78, 5) is 8.13. The highest BCUT2D eigenvalue weighted by atomic mass is 79.9. The highest BCUT2D eigenvalue weighted by Crippen LogP contribution is 2.20. The van der Waals surface area contributed by atoms with Gasteiger partial charge >= 0.3 is 0 Å². The summed E-state index contributed by atoms with van der Waals surface area (Å²) >= 11 is 3.50. The van der Waals surface area contributed by atoms with Crippen LogP contribution in [0.15, 0.2) is 40.9 Å². The van der Waals surface area contributed by atoms with Crippen LogP contribution in [0.1, 0.15) is 22.5 Å². The number of hydrogen-bond donors (Lipinski definition) is 1. The van der Waals surface area contributed by atoms with Gasteiger partial charge < -0.3 is 4.98 Å². The van der Waals surface area contributed by atoms with Crippen LogP contribution in [-0.4, -0.2) is 9.97 Å². The van der Waals surface area contributed by atoms with Crippen LogP contribution in [0.3, 0.4) is 0 Å². The first kappa shape index (κ1) is 12.4. The summed E-state index contributed by atoms with van der Waals surface area (Å²) < 4.78 is 1.10. The van der Waals surface area contributed by atoms with Crippen LogP contribution < -0.4 is 0 Å². The first-order valence-corrected chi connectivity index (χ1v) is 7.11. The number of imidazole rings is 1. The lowest BCUT2D eigenvalue weighted by atomic mass is 10.1. The Morgan fingerprint density at radius 1 is 1.16 bits per heavy atom. The van der Waals surface area contributed by atoms with Crippen LogP contribution in [0, 0.1) is 13.8 Å². The number of halogens is 1. The third-order valence-corrected chi connectivity index (χ3v) is 3.72. The molecule has 19 heavy (non-hydrogen) atoms. The first-order chi connectivity index (χ1) is 9.11. The van der Waals surface area contributed by atoms with Gasteiger partial charge in [0.25, 0.3) is 0 Å². The van der Waals surface area contributed by atoms with E-state index in [2.05, 4.69) is 65.1 Å². The third-order valence-electron chi connectivity index (χ3n) is 3.23. The summed E-state index contributed by atoms with van der Waals surface area (Å²) in [6.45, 7) is 4.22. The SMILES string of the molecule is Cc1cc(C)c2nc(Cc3cccc(Br)c3)[nH]c2c1. The number of fused-ring (bicyclic) bond motifs is 1. The van der Waals surface area contributed by atoms with E-state index in [1.165, 1.54) is 16.7 Å². The van der Waals surface area contributed by atoms with Crippen molar-refractivity contribution >= 4 is 27.0 Å². The zero-order chi connectivity index (χ0) is 13.4. The molecule has 0 bridgehead atoms. The van der Waals surface area contributed by atoms with Gasteiger partial charge in [-0.3, -0.25) is 0 Å². The van der Waals surface area contributed by atoms with Crippen molar-refractivity contribution in [3.63, 3.8) is 0 Å². The molecule has 0 spiro atoms. The molecule has 0 amide bonds. The molecule has 0 aliphatic rings. The second-order valence-corrected chi connectivity index (χ2v) is 5.88. The number of aromatic nitrogens is 2. The average Bonchev–Trinajstić information content (AvgIpc) is 2.71. The molecule has 3 aromatic rings. The summed E-state index contributed by atoms with van der Waals surface area (Å²) in [5.41, 5.74) is 5.95. The molecule has 3 rings (SSSR count). The summed E-state index contributed by atoms with van der Waals surface area (Å²) in [6.07, 6.45) is 0.826. The Bertz CT molecular complexity index is 744. The molecule has 1 N–H and O–H groups in total. The van der Waals surface area contributed by atoms with Crippen LogP contribution in [0.25, 0.3) is 11.0 Å². The largest absolute Gasteiger partial charge is 0.342 e. The first-order valence-electron chi connectivity index (χ1n) is 6.32. The Morgan fingerprint density at radius 3 is 2.79 bits per heavy atom. The number of hydrogen-bond acceptors (Lipinski definition) is 1. The standard InChI is InChI=1S/C16H15BrN2/c1-10-6-11(2)16-14(7-10)18-15(19-16)9-12-4-3-5-13(17)8-12/h3-8H,9H2,1-2H3,(H,18,19). The van der Waals surface area contributed by atoms with Gasteiger partial charge in [0.1, 0.15) is 5.82 Å². The molecule has 0 radical (unpaired) electrons. The van der Waals surface area contributed by atoms with E-state index in [0.717, 1.165) is 27.8 Å². The minimum Gasteiger partial charge on any atom is -0.342 e. The fraction of sp³-hybridized carbons (Fsp3) is 0.188. The number of nitrogens with zero attached hydrogens (tertiary/aromatic N) is 1. The van der Waals surface area contributed by atoms with Gasteiger partial charge in [-0.15, -0.1) is 0 Å². The molecule has 0 fully saturated rings. The number of aryl methyl sites for hydroxylation is 2. The van der Waals surface area contributed by atoms with Crippen molar-refractivity contribution < 1.29 is 0 Å². The van der Waals surface area contributed by atoms with Crippen LogP contribution in [-0.2, 0) is 6.42 Å². The summed E-state index contributed by atoms with van der Waals surface area (Å²) in [6, 6.07) is 12.7. The zero-order valence-corrected chi connectivity index (χ0v) is 12.6.